The number of hydrogen-bond donors (Lipinski definition) is 1. The Kier molecular flexibility index (Phi) is 5.84. The monoisotopic (exact) mass is 321 g/mol. The molecule has 1 fully saturated rings. The van der Waals surface area contributed by atoms with Crippen molar-refractivity contribution >= 4 is 5.91 Å². The van der Waals surface area contributed by atoms with Crippen LogP contribution in [-0.2, 0) is 0 Å². The number of carbonyl (C=O) groups is 1. The lowest BCUT2D eigenvalue weighted by atomic mass is 9.92. The summed E-state index contributed by atoms with van der Waals surface area (Å²) in [6, 6.07) is 1.74. The molecule has 0 spiro atoms. The Morgan fingerprint density at radius 2 is 2.22 bits per heavy atom. The van der Waals surface area contributed by atoms with Crippen molar-refractivity contribution in [2.45, 2.75) is 53.4 Å². The third kappa shape index (κ3) is 5.65. The summed E-state index contributed by atoms with van der Waals surface area (Å²) in [6.45, 7) is 15.0. The molecule has 1 amide bonds. The van der Waals surface area contributed by atoms with Crippen molar-refractivity contribution < 1.29 is 9.32 Å². The van der Waals surface area contributed by atoms with Gasteiger partial charge in [0.25, 0.3) is 5.91 Å². The lowest BCUT2D eigenvalue weighted by Crippen LogP contribution is -2.31. The van der Waals surface area contributed by atoms with Crippen molar-refractivity contribution in [3.8, 4) is 0 Å². The van der Waals surface area contributed by atoms with E-state index in [0.717, 1.165) is 31.7 Å². The SMILES string of the molecule is CC(C)c1cc(C(=O)NC[C@H]2CCN(CCC(C)(C)C)C2)on1. The maximum Gasteiger partial charge on any atom is 0.289 e. The summed E-state index contributed by atoms with van der Waals surface area (Å²) in [5.74, 6) is 0.965. The fraction of sp³-hybridized carbons (Fsp3) is 0.778. The van der Waals surface area contributed by atoms with Crippen LogP contribution >= 0.6 is 0 Å². The van der Waals surface area contributed by atoms with Crippen LogP contribution in [-0.4, -0.2) is 42.1 Å². The van der Waals surface area contributed by atoms with Crippen LogP contribution in [0.2, 0.25) is 0 Å². The first kappa shape index (κ1) is 18.0. The lowest BCUT2D eigenvalue weighted by molar-refractivity contribution is 0.0910. The van der Waals surface area contributed by atoms with Crippen LogP contribution in [0.5, 0.6) is 0 Å². The fourth-order valence-corrected chi connectivity index (χ4v) is 2.77. The first-order valence-corrected chi connectivity index (χ1v) is 8.72. The number of amides is 1. The molecule has 0 aliphatic carbocycles. The average Bonchev–Trinajstić information content (AvgIpc) is 3.11. The van der Waals surface area contributed by atoms with E-state index in [1.165, 1.54) is 6.42 Å². The zero-order valence-corrected chi connectivity index (χ0v) is 15.2. The van der Waals surface area contributed by atoms with Crippen LogP contribution < -0.4 is 5.32 Å². The highest BCUT2D eigenvalue weighted by Gasteiger charge is 2.24. The third-order valence-corrected chi connectivity index (χ3v) is 4.44. The van der Waals surface area contributed by atoms with Gasteiger partial charge in [-0.1, -0.05) is 39.8 Å². The molecule has 0 bridgehead atoms. The summed E-state index contributed by atoms with van der Waals surface area (Å²) in [5, 5.41) is 6.92. The van der Waals surface area contributed by atoms with E-state index in [1.807, 2.05) is 13.8 Å². The molecule has 0 aromatic carbocycles. The molecular formula is C18H31N3O2. The van der Waals surface area contributed by atoms with E-state index in [4.69, 9.17) is 4.52 Å². The van der Waals surface area contributed by atoms with E-state index >= 15 is 0 Å². The lowest BCUT2D eigenvalue weighted by Gasteiger charge is -2.23. The third-order valence-electron chi connectivity index (χ3n) is 4.44. The van der Waals surface area contributed by atoms with Gasteiger partial charge in [-0.3, -0.25) is 4.79 Å². The largest absolute Gasteiger partial charge is 0.351 e. The Bertz CT molecular complexity index is 517. The Morgan fingerprint density at radius 1 is 1.48 bits per heavy atom. The molecule has 2 rings (SSSR count). The second-order valence-electron chi connectivity index (χ2n) is 8.25. The Hall–Kier alpha value is -1.36. The van der Waals surface area contributed by atoms with E-state index < -0.39 is 0 Å². The van der Waals surface area contributed by atoms with Crippen molar-refractivity contribution in [1.82, 2.24) is 15.4 Å². The summed E-state index contributed by atoms with van der Waals surface area (Å²) in [5.41, 5.74) is 1.21. The Morgan fingerprint density at radius 3 is 2.83 bits per heavy atom. The summed E-state index contributed by atoms with van der Waals surface area (Å²) < 4.78 is 5.13. The highest BCUT2D eigenvalue weighted by atomic mass is 16.5. The summed E-state index contributed by atoms with van der Waals surface area (Å²) >= 11 is 0. The van der Waals surface area contributed by atoms with Crippen LogP contribution in [0.15, 0.2) is 10.6 Å². The minimum absolute atomic E-state index is 0.155. The maximum absolute atomic E-state index is 12.1. The smallest absolute Gasteiger partial charge is 0.289 e. The minimum atomic E-state index is -0.155. The number of hydrogen-bond acceptors (Lipinski definition) is 4. The van der Waals surface area contributed by atoms with Gasteiger partial charge >= 0.3 is 0 Å². The molecule has 1 aliphatic rings. The second-order valence-corrected chi connectivity index (χ2v) is 8.25. The molecule has 23 heavy (non-hydrogen) atoms. The molecule has 0 radical (unpaired) electrons. The van der Waals surface area contributed by atoms with Gasteiger partial charge in [-0.2, -0.15) is 0 Å². The molecule has 2 heterocycles. The minimum Gasteiger partial charge on any atom is -0.351 e. The maximum atomic E-state index is 12.1. The van der Waals surface area contributed by atoms with Crippen LogP contribution in [0.25, 0.3) is 0 Å². The Labute approximate surface area is 139 Å². The molecule has 1 aromatic rings. The van der Waals surface area contributed by atoms with Gasteiger partial charge in [0.15, 0.2) is 0 Å². The summed E-state index contributed by atoms with van der Waals surface area (Å²) in [4.78, 5) is 14.6. The standard InChI is InChI=1S/C18H31N3O2/c1-13(2)15-10-16(23-20-15)17(22)19-11-14-6-8-21(12-14)9-7-18(3,4)5/h10,13-14H,6-9,11-12H2,1-5H3,(H,19,22)/t14-/m1/s1. The number of likely N-dealkylation sites (tertiary alicyclic amines) is 1. The van der Waals surface area contributed by atoms with Gasteiger partial charge in [0.05, 0.1) is 5.69 Å². The zero-order chi connectivity index (χ0) is 17.0. The molecule has 5 nitrogen and oxygen atoms in total. The quantitative estimate of drug-likeness (QED) is 0.873. The van der Waals surface area contributed by atoms with Crippen molar-refractivity contribution in [3.05, 3.63) is 17.5 Å². The topological polar surface area (TPSA) is 58.4 Å². The van der Waals surface area contributed by atoms with Gasteiger partial charge in [0, 0.05) is 19.2 Å². The first-order chi connectivity index (χ1) is 10.7. The van der Waals surface area contributed by atoms with Crippen molar-refractivity contribution in [2.75, 3.05) is 26.2 Å². The molecule has 1 saturated heterocycles. The number of rotatable bonds is 6. The molecular weight excluding hydrogens is 290 g/mol. The molecule has 130 valence electrons. The van der Waals surface area contributed by atoms with Crippen LogP contribution in [0.3, 0.4) is 0 Å². The molecule has 1 aromatic heterocycles. The van der Waals surface area contributed by atoms with Gasteiger partial charge in [0.1, 0.15) is 0 Å². The van der Waals surface area contributed by atoms with Crippen molar-refractivity contribution in [3.63, 3.8) is 0 Å². The normalized spacial score (nSPS) is 19.5. The van der Waals surface area contributed by atoms with E-state index in [0.29, 0.717) is 23.6 Å². The second kappa shape index (κ2) is 7.47. The average molecular weight is 321 g/mol. The van der Waals surface area contributed by atoms with Crippen LogP contribution in [0, 0.1) is 11.3 Å². The summed E-state index contributed by atoms with van der Waals surface area (Å²) in [7, 11) is 0. The van der Waals surface area contributed by atoms with Crippen molar-refractivity contribution in [1.29, 1.82) is 0 Å². The molecule has 1 aliphatic heterocycles. The van der Waals surface area contributed by atoms with Gasteiger partial charge in [-0.15, -0.1) is 0 Å². The molecule has 5 heteroatoms. The predicted molar refractivity (Wildman–Crippen MR) is 91.5 cm³/mol. The highest BCUT2D eigenvalue weighted by molar-refractivity contribution is 5.91. The van der Waals surface area contributed by atoms with Gasteiger partial charge in [0.2, 0.25) is 5.76 Å². The molecule has 0 unspecified atom stereocenters. The van der Waals surface area contributed by atoms with E-state index in [9.17, 15) is 4.79 Å². The van der Waals surface area contributed by atoms with Gasteiger partial charge in [-0.25, -0.2) is 0 Å². The molecule has 1 N–H and O–H groups in total. The van der Waals surface area contributed by atoms with E-state index in [1.54, 1.807) is 6.07 Å². The van der Waals surface area contributed by atoms with Gasteiger partial charge in [-0.05, 0) is 43.2 Å². The highest BCUT2D eigenvalue weighted by Crippen LogP contribution is 2.22. The number of nitrogens with zero attached hydrogens (tertiary/aromatic N) is 2. The molecule has 1 atom stereocenters. The van der Waals surface area contributed by atoms with Crippen molar-refractivity contribution in [2.24, 2.45) is 11.3 Å². The first-order valence-electron chi connectivity index (χ1n) is 8.72. The number of aromatic nitrogens is 1. The fourth-order valence-electron chi connectivity index (χ4n) is 2.77. The predicted octanol–water partition coefficient (Wildman–Crippen LogP) is 3.29. The van der Waals surface area contributed by atoms with Crippen LogP contribution in [0.1, 0.15) is 69.6 Å². The zero-order valence-electron chi connectivity index (χ0n) is 15.2. The van der Waals surface area contributed by atoms with Gasteiger partial charge < -0.3 is 14.7 Å². The number of carbonyl (C=O) groups excluding carboxylic acids is 1. The Balaban J connectivity index is 1.73. The number of nitrogens with one attached hydrogen (secondary N) is 1. The van der Waals surface area contributed by atoms with E-state index in [2.05, 4.69) is 36.1 Å². The summed E-state index contributed by atoms with van der Waals surface area (Å²) in [6.07, 6.45) is 2.36. The molecule has 0 saturated carbocycles. The van der Waals surface area contributed by atoms with Crippen LogP contribution in [0.4, 0.5) is 0 Å². The van der Waals surface area contributed by atoms with E-state index in [-0.39, 0.29) is 11.8 Å².